The van der Waals surface area contributed by atoms with E-state index in [9.17, 15) is 9.59 Å². The molecule has 0 amide bonds. The van der Waals surface area contributed by atoms with Gasteiger partial charge in [-0.05, 0) is 39.7 Å². The number of rotatable bonds is 6. The van der Waals surface area contributed by atoms with E-state index in [1.807, 2.05) is 23.7 Å². The first kappa shape index (κ1) is 23.4. The van der Waals surface area contributed by atoms with E-state index < -0.39 is 5.97 Å². The number of nitrogens with one attached hydrogen (secondary N) is 1. The van der Waals surface area contributed by atoms with Crippen molar-refractivity contribution >= 4 is 28.6 Å². The molecule has 2 aromatic rings. The van der Waals surface area contributed by atoms with Crippen LogP contribution in [-0.4, -0.2) is 53.8 Å². The molecule has 1 saturated heterocycles. The van der Waals surface area contributed by atoms with Crippen LogP contribution in [0, 0.1) is 0 Å². The van der Waals surface area contributed by atoms with E-state index in [0.717, 1.165) is 23.4 Å². The highest BCUT2D eigenvalue weighted by Gasteiger charge is 2.37. The van der Waals surface area contributed by atoms with Crippen LogP contribution in [-0.2, 0) is 14.3 Å². The molecule has 1 fully saturated rings. The van der Waals surface area contributed by atoms with E-state index in [2.05, 4.69) is 18.9 Å². The molecule has 2 atom stereocenters. The van der Waals surface area contributed by atoms with Crippen molar-refractivity contribution in [2.75, 3.05) is 27.4 Å². The minimum Gasteiger partial charge on any atom is -0.493 e. The van der Waals surface area contributed by atoms with Crippen molar-refractivity contribution in [3.63, 3.8) is 0 Å². The van der Waals surface area contributed by atoms with Crippen molar-refractivity contribution in [3.8, 4) is 11.5 Å². The van der Waals surface area contributed by atoms with Crippen LogP contribution in [0.5, 0.6) is 11.5 Å². The molecule has 2 aliphatic rings. The number of para-hydroxylation sites is 1. The van der Waals surface area contributed by atoms with Gasteiger partial charge in [-0.1, -0.05) is 23.9 Å². The van der Waals surface area contributed by atoms with E-state index in [1.54, 1.807) is 6.07 Å². The third-order valence-corrected chi connectivity index (χ3v) is 7.02. The highest BCUT2D eigenvalue weighted by atomic mass is 32.2. The Bertz CT molecular complexity index is 1140. The minimum atomic E-state index is -0.507. The maximum absolute atomic E-state index is 13.2. The first-order chi connectivity index (χ1) is 15.7. The lowest BCUT2D eigenvalue weighted by molar-refractivity contribution is -0.142. The molecule has 33 heavy (non-hydrogen) atoms. The molecule has 3 heterocycles. The molecule has 178 valence electrons. The summed E-state index contributed by atoms with van der Waals surface area (Å²) < 4.78 is 23.8. The van der Waals surface area contributed by atoms with Crippen molar-refractivity contribution in [2.24, 2.45) is 4.99 Å². The lowest BCUT2D eigenvalue weighted by Gasteiger charge is -2.36. The second-order valence-electron chi connectivity index (χ2n) is 8.68. The van der Waals surface area contributed by atoms with E-state index in [1.165, 1.54) is 26.0 Å². The molecule has 0 saturated carbocycles. The third-order valence-electron chi connectivity index (χ3n) is 5.86. The van der Waals surface area contributed by atoms with Gasteiger partial charge in [0.05, 0.1) is 41.7 Å². The number of aliphatic imine (C=N–C) groups is 1. The Balaban J connectivity index is 1.79. The number of carbonyl (C=O) groups excluding carboxylic acids is 1. The molecule has 1 N–H and O–H groups in total. The van der Waals surface area contributed by atoms with Crippen molar-refractivity contribution in [1.29, 1.82) is 0 Å². The Hall–Kier alpha value is -2.72. The molecule has 1 aromatic heterocycles. The van der Waals surface area contributed by atoms with Crippen molar-refractivity contribution in [3.05, 3.63) is 39.7 Å². The van der Waals surface area contributed by atoms with Gasteiger partial charge in [0.25, 0.3) is 5.56 Å². The van der Waals surface area contributed by atoms with Gasteiger partial charge in [0.15, 0.2) is 23.9 Å². The number of aromatic nitrogens is 2. The number of thioether (sulfide) groups is 1. The second kappa shape index (κ2) is 9.26. The summed E-state index contributed by atoms with van der Waals surface area (Å²) in [6.45, 7) is 6.39. The Morgan fingerprint density at radius 3 is 2.85 bits per heavy atom. The van der Waals surface area contributed by atoms with Crippen LogP contribution in [0.3, 0.4) is 0 Å². The van der Waals surface area contributed by atoms with Gasteiger partial charge < -0.3 is 18.9 Å². The SMILES string of the molecule is COC(=O)COc1c(OC)cccc1[C@@H]1SC(C)=Nc2c1c(=O)[nH]n2[C@@H]1CCOC(C)(C)C1. The van der Waals surface area contributed by atoms with Gasteiger partial charge in [-0.25, -0.2) is 9.79 Å². The zero-order valence-electron chi connectivity index (χ0n) is 19.5. The molecule has 10 heteroatoms. The number of ether oxygens (including phenoxy) is 4. The number of nitrogens with zero attached hydrogens (tertiary/aromatic N) is 2. The molecular weight excluding hydrogens is 446 g/mol. The predicted molar refractivity (Wildman–Crippen MR) is 126 cm³/mol. The molecule has 0 unspecified atom stereocenters. The number of hydrogen-bond donors (Lipinski definition) is 1. The quantitative estimate of drug-likeness (QED) is 0.635. The first-order valence-electron chi connectivity index (χ1n) is 10.8. The van der Waals surface area contributed by atoms with Crippen molar-refractivity contribution in [1.82, 2.24) is 9.78 Å². The predicted octanol–water partition coefficient (Wildman–Crippen LogP) is 3.75. The number of carbonyl (C=O) groups is 1. The molecule has 0 radical (unpaired) electrons. The molecule has 1 aromatic carbocycles. The fourth-order valence-electron chi connectivity index (χ4n) is 4.36. The van der Waals surface area contributed by atoms with Gasteiger partial charge >= 0.3 is 5.97 Å². The van der Waals surface area contributed by atoms with Gasteiger partial charge in [0.1, 0.15) is 0 Å². The fraction of sp³-hybridized carbons (Fsp3) is 0.522. The topological polar surface area (TPSA) is 104 Å². The average Bonchev–Trinajstić information content (AvgIpc) is 3.12. The van der Waals surface area contributed by atoms with Crippen molar-refractivity contribution in [2.45, 2.75) is 50.5 Å². The number of benzene rings is 1. The smallest absolute Gasteiger partial charge is 0.343 e. The Morgan fingerprint density at radius 2 is 2.15 bits per heavy atom. The molecule has 4 rings (SSSR count). The molecule has 9 nitrogen and oxygen atoms in total. The highest BCUT2D eigenvalue weighted by molar-refractivity contribution is 8.14. The largest absolute Gasteiger partial charge is 0.493 e. The van der Waals surface area contributed by atoms with Gasteiger partial charge in [-0.3, -0.25) is 14.6 Å². The Labute approximate surface area is 196 Å². The summed E-state index contributed by atoms with van der Waals surface area (Å²) in [6.07, 6.45) is 1.56. The molecule has 0 bridgehead atoms. The molecule has 0 spiro atoms. The summed E-state index contributed by atoms with van der Waals surface area (Å²) in [4.78, 5) is 29.7. The number of aromatic amines is 1. The van der Waals surface area contributed by atoms with Crippen LogP contribution in [0.1, 0.15) is 56.0 Å². The van der Waals surface area contributed by atoms with Gasteiger partial charge in [0.2, 0.25) is 0 Å². The van der Waals surface area contributed by atoms with Crippen molar-refractivity contribution < 1.29 is 23.7 Å². The maximum atomic E-state index is 13.2. The highest BCUT2D eigenvalue weighted by Crippen LogP contribution is 2.49. The zero-order chi connectivity index (χ0) is 23.8. The van der Waals surface area contributed by atoms with E-state index in [4.69, 9.17) is 23.9 Å². The van der Waals surface area contributed by atoms with Crippen LogP contribution in [0.25, 0.3) is 0 Å². The first-order valence-corrected chi connectivity index (χ1v) is 11.7. The van der Waals surface area contributed by atoms with E-state index in [-0.39, 0.29) is 29.1 Å². The van der Waals surface area contributed by atoms with Gasteiger partial charge in [0, 0.05) is 12.2 Å². The number of esters is 1. The summed E-state index contributed by atoms with van der Waals surface area (Å²) in [5.74, 6) is 1.00. The van der Waals surface area contributed by atoms with Crippen LogP contribution in [0.2, 0.25) is 0 Å². The Morgan fingerprint density at radius 1 is 1.36 bits per heavy atom. The molecular formula is C23H29N3O6S. The molecule has 0 aliphatic carbocycles. The zero-order valence-corrected chi connectivity index (χ0v) is 20.3. The van der Waals surface area contributed by atoms with Crippen LogP contribution in [0.15, 0.2) is 28.0 Å². The number of H-pyrrole nitrogens is 1. The second-order valence-corrected chi connectivity index (χ2v) is 9.97. The number of methoxy groups -OCH3 is 2. The molecule has 2 aliphatic heterocycles. The lowest BCUT2D eigenvalue weighted by Crippen LogP contribution is -2.35. The summed E-state index contributed by atoms with van der Waals surface area (Å²) in [5.41, 5.74) is 0.824. The normalized spacial score (nSPS) is 21.7. The summed E-state index contributed by atoms with van der Waals surface area (Å²) in [6, 6.07) is 5.55. The van der Waals surface area contributed by atoms with E-state index >= 15 is 0 Å². The third kappa shape index (κ3) is 4.67. The average molecular weight is 476 g/mol. The maximum Gasteiger partial charge on any atom is 0.343 e. The number of fused-ring (bicyclic) bond motifs is 1. The monoisotopic (exact) mass is 475 g/mol. The summed E-state index contributed by atoms with van der Waals surface area (Å²) in [7, 11) is 2.84. The summed E-state index contributed by atoms with van der Waals surface area (Å²) in [5, 5.41) is 3.48. The van der Waals surface area contributed by atoms with Gasteiger partial charge in [-0.15, -0.1) is 0 Å². The lowest BCUT2D eigenvalue weighted by atomic mass is 9.94. The van der Waals surface area contributed by atoms with Crippen LogP contribution in [0.4, 0.5) is 5.82 Å². The minimum absolute atomic E-state index is 0.0749. The Kier molecular flexibility index (Phi) is 6.58. The van der Waals surface area contributed by atoms with Crippen LogP contribution >= 0.6 is 11.8 Å². The van der Waals surface area contributed by atoms with E-state index in [0.29, 0.717) is 29.5 Å². The number of hydrogen-bond acceptors (Lipinski definition) is 8. The standard InChI is InChI=1S/C23H29N3O6S/c1-13-24-21-18(22(28)25-26(21)14-9-10-32-23(2,3)11-14)20(33-13)15-7-6-8-16(29-4)19(15)31-12-17(27)30-5/h6-8,14,20H,9-12H2,1-5H3,(H,25,28)/t14-,20+/m1/s1. The fourth-order valence-corrected chi connectivity index (χ4v) is 5.48. The van der Waals surface area contributed by atoms with Crippen LogP contribution < -0.4 is 15.0 Å². The summed E-state index contributed by atoms with van der Waals surface area (Å²) >= 11 is 1.47. The van der Waals surface area contributed by atoms with Gasteiger partial charge in [-0.2, -0.15) is 0 Å².